The average Bonchev–Trinajstić information content (AvgIpc) is 2.04. The smallest absolute Gasteiger partial charge is 0.124 e. The SMILES string of the molecule is Nc1ccc2ccccc2n1.[Ti]. The molecule has 0 bridgehead atoms. The summed E-state index contributed by atoms with van der Waals surface area (Å²) in [6, 6.07) is 11.7. The van der Waals surface area contributed by atoms with Crippen LogP contribution in [0.3, 0.4) is 0 Å². The van der Waals surface area contributed by atoms with Crippen molar-refractivity contribution in [2.75, 3.05) is 5.73 Å². The van der Waals surface area contributed by atoms with E-state index < -0.39 is 0 Å². The van der Waals surface area contributed by atoms with Crippen LogP contribution in [0.1, 0.15) is 0 Å². The molecule has 0 fully saturated rings. The number of fused-ring (bicyclic) bond motifs is 1. The van der Waals surface area contributed by atoms with Crippen molar-refractivity contribution in [3.63, 3.8) is 0 Å². The Kier molecular flexibility index (Phi) is 2.85. The molecule has 2 aromatic rings. The van der Waals surface area contributed by atoms with Gasteiger partial charge in [0.1, 0.15) is 5.82 Å². The molecule has 0 radical (unpaired) electrons. The number of aromatic nitrogens is 1. The minimum atomic E-state index is 0. The van der Waals surface area contributed by atoms with E-state index in [2.05, 4.69) is 4.98 Å². The largest absolute Gasteiger partial charge is 0.384 e. The Balaban J connectivity index is 0.000000720. The van der Waals surface area contributed by atoms with Crippen LogP contribution in [-0.4, -0.2) is 4.98 Å². The van der Waals surface area contributed by atoms with Gasteiger partial charge in [0.05, 0.1) is 5.52 Å². The third kappa shape index (κ3) is 1.65. The molecule has 0 saturated carbocycles. The monoisotopic (exact) mass is 192 g/mol. The van der Waals surface area contributed by atoms with Gasteiger partial charge in [0.25, 0.3) is 0 Å². The molecule has 0 unspecified atom stereocenters. The number of anilines is 1. The summed E-state index contributed by atoms with van der Waals surface area (Å²) in [6.07, 6.45) is 0. The van der Waals surface area contributed by atoms with Crippen LogP contribution in [0.25, 0.3) is 10.9 Å². The van der Waals surface area contributed by atoms with Crippen LogP contribution >= 0.6 is 0 Å². The van der Waals surface area contributed by atoms with Crippen LogP contribution in [0.15, 0.2) is 36.4 Å². The van der Waals surface area contributed by atoms with Crippen LogP contribution in [0.5, 0.6) is 0 Å². The summed E-state index contributed by atoms with van der Waals surface area (Å²) in [4.78, 5) is 4.15. The van der Waals surface area contributed by atoms with E-state index in [4.69, 9.17) is 5.73 Å². The van der Waals surface area contributed by atoms with Gasteiger partial charge in [-0.15, -0.1) is 0 Å². The van der Waals surface area contributed by atoms with E-state index in [0.29, 0.717) is 5.82 Å². The predicted octanol–water partition coefficient (Wildman–Crippen LogP) is 1.81. The van der Waals surface area contributed by atoms with Gasteiger partial charge < -0.3 is 5.73 Å². The third-order valence-corrected chi connectivity index (χ3v) is 1.62. The van der Waals surface area contributed by atoms with Crippen LogP contribution in [0, 0.1) is 0 Å². The summed E-state index contributed by atoms with van der Waals surface area (Å²) in [6.45, 7) is 0. The van der Waals surface area contributed by atoms with Gasteiger partial charge in [-0.05, 0) is 18.2 Å². The number of benzene rings is 1. The molecule has 1 aromatic carbocycles. The van der Waals surface area contributed by atoms with E-state index in [1.54, 1.807) is 0 Å². The number of para-hydroxylation sites is 1. The number of hydrogen-bond donors (Lipinski definition) is 1. The van der Waals surface area contributed by atoms with Gasteiger partial charge in [-0.2, -0.15) is 0 Å². The first-order chi connectivity index (χ1) is 5.36. The molecule has 58 valence electrons. The molecule has 0 aliphatic rings. The topological polar surface area (TPSA) is 38.9 Å². The number of nitrogens with zero attached hydrogens (tertiary/aromatic N) is 1. The van der Waals surface area contributed by atoms with Crippen molar-refractivity contribution in [2.24, 2.45) is 0 Å². The van der Waals surface area contributed by atoms with Crippen LogP contribution < -0.4 is 5.73 Å². The first kappa shape index (κ1) is 9.23. The van der Waals surface area contributed by atoms with Gasteiger partial charge in [-0.3, -0.25) is 0 Å². The van der Waals surface area contributed by atoms with Crippen LogP contribution in [0.2, 0.25) is 0 Å². The Bertz CT molecular complexity index is 387. The van der Waals surface area contributed by atoms with E-state index in [-0.39, 0.29) is 21.7 Å². The molecule has 12 heavy (non-hydrogen) atoms. The normalized spacial score (nSPS) is 9.33. The summed E-state index contributed by atoms with van der Waals surface area (Å²) in [5.74, 6) is 0.573. The zero-order chi connectivity index (χ0) is 7.68. The molecule has 1 aromatic heterocycles. The van der Waals surface area contributed by atoms with Gasteiger partial charge in [-0.1, -0.05) is 18.2 Å². The molecule has 0 spiro atoms. The number of rotatable bonds is 0. The molecule has 0 amide bonds. The van der Waals surface area contributed by atoms with E-state index in [9.17, 15) is 0 Å². The second-order valence-electron chi connectivity index (χ2n) is 2.43. The molecule has 2 N–H and O–H groups in total. The van der Waals surface area contributed by atoms with Crippen molar-refractivity contribution in [1.82, 2.24) is 4.98 Å². The van der Waals surface area contributed by atoms with E-state index >= 15 is 0 Å². The quantitative estimate of drug-likeness (QED) is 0.646. The Morgan fingerprint density at radius 3 is 2.58 bits per heavy atom. The zero-order valence-electron chi connectivity index (χ0n) is 6.49. The van der Waals surface area contributed by atoms with Gasteiger partial charge in [0, 0.05) is 27.1 Å². The van der Waals surface area contributed by atoms with Gasteiger partial charge in [0.15, 0.2) is 0 Å². The van der Waals surface area contributed by atoms with Gasteiger partial charge in [-0.25, -0.2) is 4.98 Å². The Hall–Kier alpha value is -0.856. The zero-order valence-corrected chi connectivity index (χ0v) is 8.05. The molecular formula is C9H8N2Ti. The van der Waals surface area contributed by atoms with E-state index in [1.807, 2.05) is 36.4 Å². The predicted molar refractivity (Wildman–Crippen MR) is 46.2 cm³/mol. The first-order valence-electron chi connectivity index (χ1n) is 3.47. The van der Waals surface area contributed by atoms with Crippen molar-refractivity contribution in [1.29, 1.82) is 0 Å². The fraction of sp³-hybridized carbons (Fsp3) is 0. The Morgan fingerprint density at radius 1 is 1.00 bits per heavy atom. The number of hydrogen-bond acceptors (Lipinski definition) is 2. The molecule has 0 saturated heterocycles. The maximum absolute atomic E-state index is 5.51. The van der Waals surface area contributed by atoms with E-state index in [0.717, 1.165) is 10.9 Å². The van der Waals surface area contributed by atoms with Gasteiger partial charge >= 0.3 is 0 Å². The van der Waals surface area contributed by atoms with Crippen molar-refractivity contribution >= 4 is 16.7 Å². The maximum Gasteiger partial charge on any atom is 0.124 e. The molecule has 2 rings (SSSR count). The molecule has 3 heteroatoms. The second-order valence-corrected chi connectivity index (χ2v) is 2.43. The molecule has 0 aliphatic carbocycles. The minimum absolute atomic E-state index is 0. The standard InChI is InChI=1S/C9H8N2.Ti/c10-9-6-5-7-3-1-2-4-8(7)11-9;/h1-6H,(H2,10,11);. The van der Waals surface area contributed by atoms with E-state index in [1.165, 1.54) is 0 Å². The number of pyridine rings is 1. The molecule has 0 aliphatic heterocycles. The number of nitrogen functional groups attached to an aromatic ring is 1. The molecular weight excluding hydrogens is 184 g/mol. The summed E-state index contributed by atoms with van der Waals surface area (Å²) in [5.41, 5.74) is 6.46. The van der Waals surface area contributed by atoms with Crippen molar-refractivity contribution in [3.05, 3.63) is 36.4 Å². The maximum atomic E-state index is 5.51. The fourth-order valence-corrected chi connectivity index (χ4v) is 1.08. The fourth-order valence-electron chi connectivity index (χ4n) is 1.08. The minimum Gasteiger partial charge on any atom is -0.384 e. The Morgan fingerprint density at radius 2 is 1.75 bits per heavy atom. The summed E-state index contributed by atoms with van der Waals surface area (Å²) < 4.78 is 0. The summed E-state index contributed by atoms with van der Waals surface area (Å²) >= 11 is 0. The average molecular weight is 192 g/mol. The Labute approximate surface area is 85.7 Å². The summed E-state index contributed by atoms with van der Waals surface area (Å²) in [5, 5.41) is 1.13. The number of nitrogens with two attached hydrogens (primary N) is 1. The van der Waals surface area contributed by atoms with Crippen molar-refractivity contribution in [3.8, 4) is 0 Å². The molecule has 0 atom stereocenters. The van der Waals surface area contributed by atoms with Gasteiger partial charge in [0.2, 0.25) is 0 Å². The van der Waals surface area contributed by atoms with Crippen LogP contribution in [0.4, 0.5) is 5.82 Å². The summed E-state index contributed by atoms with van der Waals surface area (Å²) in [7, 11) is 0. The molecule has 2 nitrogen and oxygen atoms in total. The molecule has 1 heterocycles. The second kappa shape index (κ2) is 3.70. The third-order valence-electron chi connectivity index (χ3n) is 1.62. The first-order valence-corrected chi connectivity index (χ1v) is 3.47. The van der Waals surface area contributed by atoms with Crippen molar-refractivity contribution < 1.29 is 21.7 Å². The van der Waals surface area contributed by atoms with Crippen molar-refractivity contribution in [2.45, 2.75) is 0 Å². The van der Waals surface area contributed by atoms with Crippen LogP contribution in [-0.2, 0) is 21.7 Å².